The number of hydrogen-bond acceptors (Lipinski definition) is 4. The molecule has 0 aliphatic carbocycles. The van der Waals surface area contributed by atoms with Crippen molar-refractivity contribution in [3.05, 3.63) is 0 Å². The van der Waals surface area contributed by atoms with E-state index in [0.717, 1.165) is 0 Å². The van der Waals surface area contributed by atoms with Crippen LogP contribution < -0.4 is 10.6 Å². The SMILES string of the molecule is CNC(CCC(=O)NCC=O)C(=O)O. The minimum atomic E-state index is -0.990. The molecule has 1 atom stereocenters. The molecule has 80 valence electrons. The van der Waals surface area contributed by atoms with E-state index in [1.165, 1.54) is 7.05 Å². The van der Waals surface area contributed by atoms with Crippen molar-refractivity contribution in [3.8, 4) is 0 Å². The zero-order valence-electron chi connectivity index (χ0n) is 7.95. The predicted octanol–water partition coefficient (Wildman–Crippen LogP) is -1.25. The molecular formula is C8H14N2O4. The summed E-state index contributed by atoms with van der Waals surface area (Å²) < 4.78 is 0. The molecule has 0 aliphatic heterocycles. The lowest BCUT2D eigenvalue weighted by Crippen LogP contribution is -2.35. The molecule has 0 radical (unpaired) electrons. The summed E-state index contributed by atoms with van der Waals surface area (Å²) in [7, 11) is 1.52. The van der Waals surface area contributed by atoms with Crippen LogP contribution in [0.5, 0.6) is 0 Å². The van der Waals surface area contributed by atoms with Gasteiger partial charge in [0.25, 0.3) is 0 Å². The third-order valence-corrected chi connectivity index (χ3v) is 1.69. The van der Waals surface area contributed by atoms with E-state index in [4.69, 9.17) is 5.11 Å². The van der Waals surface area contributed by atoms with Crippen LogP contribution in [0.4, 0.5) is 0 Å². The van der Waals surface area contributed by atoms with Crippen molar-refractivity contribution in [2.75, 3.05) is 13.6 Å². The van der Waals surface area contributed by atoms with Gasteiger partial charge in [0.05, 0.1) is 6.54 Å². The molecule has 0 spiro atoms. The summed E-state index contributed by atoms with van der Waals surface area (Å²) in [4.78, 5) is 31.4. The molecule has 1 unspecified atom stereocenters. The fraction of sp³-hybridized carbons (Fsp3) is 0.625. The number of amides is 1. The van der Waals surface area contributed by atoms with Gasteiger partial charge in [-0.15, -0.1) is 0 Å². The van der Waals surface area contributed by atoms with Gasteiger partial charge in [-0.25, -0.2) is 0 Å². The van der Waals surface area contributed by atoms with E-state index in [1.807, 2.05) is 0 Å². The van der Waals surface area contributed by atoms with Gasteiger partial charge in [0.2, 0.25) is 5.91 Å². The highest BCUT2D eigenvalue weighted by Gasteiger charge is 2.15. The molecule has 0 aromatic heterocycles. The smallest absolute Gasteiger partial charge is 0.320 e. The first-order chi connectivity index (χ1) is 6.61. The highest BCUT2D eigenvalue weighted by atomic mass is 16.4. The summed E-state index contributed by atoms with van der Waals surface area (Å²) in [6.07, 6.45) is 0.868. The highest BCUT2D eigenvalue weighted by molar-refractivity contribution is 5.79. The summed E-state index contributed by atoms with van der Waals surface area (Å²) in [6, 6.07) is -0.725. The van der Waals surface area contributed by atoms with E-state index in [-0.39, 0.29) is 25.3 Å². The van der Waals surface area contributed by atoms with Gasteiger partial charge in [-0.1, -0.05) is 0 Å². The Morgan fingerprint density at radius 1 is 1.50 bits per heavy atom. The molecule has 0 heterocycles. The monoisotopic (exact) mass is 202 g/mol. The number of likely N-dealkylation sites (N-methyl/N-ethyl adjacent to an activating group) is 1. The summed E-state index contributed by atoms with van der Waals surface area (Å²) >= 11 is 0. The summed E-state index contributed by atoms with van der Waals surface area (Å²) in [5.41, 5.74) is 0. The maximum absolute atomic E-state index is 11.0. The zero-order valence-corrected chi connectivity index (χ0v) is 7.95. The average Bonchev–Trinajstić information content (AvgIpc) is 2.15. The van der Waals surface area contributed by atoms with Crippen LogP contribution in [0.25, 0.3) is 0 Å². The maximum Gasteiger partial charge on any atom is 0.320 e. The number of carboxylic acid groups (broad SMARTS) is 1. The molecule has 0 aliphatic rings. The van der Waals surface area contributed by atoms with Gasteiger partial charge in [0, 0.05) is 6.42 Å². The molecule has 0 saturated carbocycles. The molecule has 14 heavy (non-hydrogen) atoms. The van der Waals surface area contributed by atoms with Gasteiger partial charge in [-0.3, -0.25) is 9.59 Å². The normalized spacial score (nSPS) is 11.8. The lowest BCUT2D eigenvalue weighted by Gasteiger charge is -2.09. The molecular weight excluding hydrogens is 188 g/mol. The summed E-state index contributed by atoms with van der Waals surface area (Å²) in [6.45, 7) is -0.0316. The zero-order chi connectivity index (χ0) is 11.0. The minimum absolute atomic E-state index is 0.0316. The number of aliphatic carboxylic acids is 1. The lowest BCUT2D eigenvalue weighted by molar-refractivity contribution is -0.139. The fourth-order valence-electron chi connectivity index (χ4n) is 0.911. The van der Waals surface area contributed by atoms with E-state index in [0.29, 0.717) is 6.29 Å². The molecule has 0 aromatic carbocycles. The van der Waals surface area contributed by atoms with E-state index >= 15 is 0 Å². The third kappa shape index (κ3) is 5.26. The number of rotatable bonds is 7. The number of nitrogens with one attached hydrogen (secondary N) is 2. The quantitative estimate of drug-likeness (QED) is 0.448. The van der Waals surface area contributed by atoms with Gasteiger partial charge in [0.15, 0.2) is 0 Å². The Labute approximate surface area is 81.7 Å². The standard InChI is InChI=1S/C8H14N2O4/c1-9-6(8(13)14)2-3-7(12)10-4-5-11/h5-6,9H,2-4H2,1H3,(H,10,12)(H,13,14). The Bertz CT molecular complexity index is 217. The molecule has 0 saturated heterocycles. The number of hydrogen-bond donors (Lipinski definition) is 3. The lowest BCUT2D eigenvalue weighted by atomic mass is 10.1. The minimum Gasteiger partial charge on any atom is -0.480 e. The van der Waals surface area contributed by atoms with Crippen molar-refractivity contribution in [1.29, 1.82) is 0 Å². The van der Waals surface area contributed by atoms with E-state index in [1.54, 1.807) is 0 Å². The van der Waals surface area contributed by atoms with Crippen LogP contribution in [-0.4, -0.2) is 42.9 Å². The van der Waals surface area contributed by atoms with Crippen molar-refractivity contribution < 1.29 is 19.5 Å². The van der Waals surface area contributed by atoms with Crippen LogP contribution in [0.2, 0.25) is 0 Å². The molecule has 0 bridgehead atoms. The van der Waals surface area contributed by atoms with Crippen molar-refractivity contribution in [1.82, 2.24) is 10.6 Å². The Morgan fingerprint density at radius 2 is 2.14 bits per heavy atom. The highest BCUT2D eigenvalue weighted by Crippen LogP contribution is 1.96. The predicted molar refractivity (Wildman–Crippen MR) is 48.8 cm³/mol. The first-order valence-corrected chi connectivity index (χ1v) is 4.22. The van der Waals surface area contributed by atoms with Gasteiger partial charge in [-0.2, -0.15) is 0 Å². The molecule has 0 aromatic rings. The maximum atomic E-state index is 11.0. The first kappa shape index (κ1) is 12.6. The van der Waals surface area contributed by atoms with E-state index in [9.17, 15) is 14.4 Å². The Morgan fingerprint density at radius 3 is 2.57 bits per heavy atom. The summed E-state index contributed by atoms with van der Waals surface area (Å²) in [5.74, 6) is -1.31. The number of carboxylic acids is 1. The molecule has 3 N–H and O–H groups in total. The van der Waals surface area contributed by atoms with Crippen molar-refractivity contribution in [2.24, 2.45) is 0 Å². The largest absolute Gasteiger partial charge is 0.480 e. The van der Waals surface area contributed by atoms with Crippen LogP contribution in [-0.2, 0) is 14.4 Å². The summed E-state index contributed by atoms with van der Waals surface area (Å²) in [5, 5.41) is 13.5. The van der Waals surface area contributed by atoms with Crippen molar-refractivity contribution in [2.45, 2.75) is 18.9 Å². The Hall–Kier alpha value is -1.43. The van der Waals surface area contributed by atoms with Crippen LogP contribution in [0.3, 0.4) is 0 Å². The molecule has 6 heteroatoms. The van der Waals surface area contributed by atoms with Gasteiger partial charge in [-0.05, 0) is 13.5 Å². The second-order valence-corrected chi connectivity index (χ2v) is 2.69. The number of aldehydes is 1. The first-order valence-electron chi connectivity index (χ1n) is 4.22. The van der Waals surface area contributed by atoms with Crippen molar-refractivity contribution in [3.63, 3.8) is 0 Å². The van der Waals surface area contributed by atoms with Crippen molar-refractivity contribution >= 4 is 18.2 Å². The number of carbonyl (C=O) groups excluding carboxylic acids is 2. The van der Waals surface area contributed by atoms with Gasteiger partial charge < -0.3 is 20.5 Å². The third-order valence-electron chi connectivity index (χ3n) is 1.69. The van der Waals surface area contributed by atoms with E-state index < -0.39 is 12.0 Å². The molecule has 0 rings (SSSR count). The van der Waals surface area contributed by atoms with Crippen LogP contribution in [0.15, 0.2) is 0 Å². The molecule has 6 nitrogen and oxygen atoms in total. The van der Waals surface area contributed by atoms with Crippen LogP contribution in [0, 0.1) is 0 Å². The van der Waals surface area contributed by atoms with Crippen LogP contribution >= 0.6 is 0 Å². The second-order valence-electron chi connectivity index (χ2n) is 2.69. The number of carbonyl (C=O) groups is 3. The van der Waals surface area contributed by atoms with E-state index in [2.05, 4.69) is 10.6 Å². The van der Waals surface area contributed by atoms with Gasteiger partial charge in [0.1, 0.15) is 12.3 Å². The topological polar surface area (TPSA) is 95.5 Å². The van der Waals surface area contributed by atoms with Gasteiger partial charge >= 0.3 is 5.97 Å². The fourth-order valence-corrected chi connectivity index (χ4v) is 0.911. The Kier molecular flexibility index (Phi) is 6.30. The molecule has 0 fully saturated rings. The average molecular weight is 202 g/mol. The molecule has 1 amide bonds. The Balaban J connectivity index is 3.73. The van der Waals surface area contributed by atoms with Crippen LogP contribution in [0.1, 0.15) is 12.8 Å². The second kappa shape index (κ2) is 7.02.